The third kappa shape index (κ3) is 7.88. The van der Waals surface area contributed by atoms with Gasteiger partial charge in [0.2, 0.25) is 5.43 Å². The fraction of sp³-hybridized carbons (Fsp3) is 0.393. The molecule has 4 rings (SSSR count). The molecule has 244 valence electrons. The van der Waals surface area contributed by atoms with Gasteiger partial charge in [0.25, 0.3) is 5.91 Å². The third-order valence-electron chi connectivity index (χ3n) is 7.07. The van der Waals surface area contributed by atoms with Crippen LogP contribution in [0.3, 0.4) is 0 Å². The Hall–Kier alpha value is -4.70. The molecular weight excluding hydrogens is 621 g/mol. The second-order valence-corrected chi connectivity index (χ2v) is 10.2. The normalized spacial score (nSPS) is 14.4. The van der Waals surface area contributed by atoms with E-state index in [0.717, 1.165) is 25.3 Å². The van der Waals surface area contributed by atoms with E-state index in [1.807, 2.05) is 0 Å². The highest BCUT2D eigenvalue weighted by Gasteiger charge is 2.34. The fourth-order valence-electron chi connectivity index (χ4n) is 5.15. The summed E-state index contributed by atoms with van der Waals surface area (Å²) in [6.45, 7) is -0.302. The number of hydrogen-bond donors (Lipinski definition) is 2. The lowest BCUT2D eigenvalue weighted by molar-refractivity contribution is -0.274. The summed E-state index contributed by atoms with van der Waals surface area (Å²) >= 11 is 0. The lowest BCUT2D eigenvalue weighted by atomic mass is 10.0. The molecule has 45 heavy (non-hydrogen) atoms. The molecular formula is C28H27F7N4O6. The highest BCUT2D eigenvalue weighted by molar-refractivity contribution is 5.99. The van der Waals surface area contributed by atoms with Crippen molar-refractivity contribution in [2.45, 2.75) is 51.5 Å². The van der Waals surface area contributed by atoms with Gasteiger partial charge in [-0.3, -0.25) is 9.59 Å². The molecule has 2 heterocycles. The number of methoxy groups -OCH3 is 1. The van der Waals surface area contributed by atoms with Crippen LogP contribution in [-0.4, -0.2) is 55.4 Å². The van der Waals surface area contributed by atoms with Gasteiger partial charge in [0.05, 0.1) is 18.0 Å². The fourth-order valence-corrected chi connectivity index (χ4v) is 5.15. The van der Waals surface area contributed by atoms with Gasteiger partial charge in [-0.1, -0.05) is 6.07 Å². The molecule has 0 atom stereocenters. The van der Waals surface area contributed by atoms with Gasteiger partial charge in [-0.25, -0.2) is 9.18 Å². The third-order valence-corrected chi connectivity index (χ3v) is 7.07. The largest absolute Gasteiger partial charge is 0.573 e. The molecule has 1 saturated heterocycles. The first-order chi connectivity index (χ1) is 21.0. The smallest absolute Gasteiger partial charge is 0.492 e. The number of alkyl halides is 6. The van der Waals surface area contributed by atoms with Gasteiger partial charge < -0.3 is 34.7 Å². The molecule has 0 bridgehead atoms. The lowest BCUT2D eigenvalue weighted by Crippen LogP contribution is -2.39. The molecule has 0 unspecified atom stereocenters. The molecule has 1 aliphatic rings. The first kappa shape index (κ1) is 33.2. The van der Waals surface area contributed by atoms with Gasteiger partial charge in [0.15, 0.2) is 11.6 Å². The average Bonchev–Trinajstić information content (AvgIpc) is 2.92. The van der Waals surface area contributed by atoms with E-state index >= 15 is 4.39 Å². The highest BCUT2D eigenvalue weighted by Crippen LogP contribution is 2.40. The number of carbonyl (C=O) groups excluding carboxylic acids is 2. The van der Waals surface area contributed by atoms with E-state index in [-0.39, 0.29) is 49.5 Å². The number of nitrogens with zero attached hydrogens (tertiary/aromatic N) is 2. The second kappa shape index (κ2) is 12.7. The van der Waals surface area contributed by atoms with Crippen LogP contribution in [0.15, 0.2) is 35.3 Å². The number of benzene rings is 2. The van der Waals surface area contributed by atoms with E-state index in [9.17, 15) is 40.7 Å². The van der Waals surface area contributed by atoms with Gasteiger partial charge in [-0.2, -0.15) is 13.2 Å². The summed E-state index contributed by atoms with van der Waals surface area (Å²) in [4.78, 5) is 39.0. The molecule has 3 aromatic rings. The number of anilines is 1. The van der Waals surface area contributed by atoms with Crippen molar-refractivity contribution < 1.29 is 54.5 Å². The lowest BCUT2D eigenvalue weighted by Gasteiger charge is -2.34. The van der Waals surface area contributed by atoms with Crippen LogP contribution in [0, 0.1) is 12.7 Å². The van der Waals surface area contributed by atoms with Crippen LogP contribution in [-0.2, 0) is 17.8 Å². The number of carbonyl (C=O) groups is 2. The van der Waals surface area contributed by atoms with Gasteiger partial charge in [0.1, 0.15) is 29.6 Å². The minimum atomic E-state index is -4.92. The van der Waals surface area contributed by atoms with Crippen molar-refractivity contribution in [3.05, 3.63) is 63.2 Å². The van der Waals surface area contributed by atoms with Gasteiger partial charge in [-0.05, 0) is 36.2 Å². The van der Waals surface area contributed by atoms with Gasteiger partial charge in [-0.15, -0.1) is 13.2 Å². The Labute approximate surface area is 250 Å². The van der Waals surface area contributed by atoms with Crippen LogP contribution in [0.2, 0.25) is 0 Å². The Morgan fingerprint density at radius 1 is 1.09 bits per heavy atom. The van der Waals surface area contributed by atoms with Crippen LogP contribution in [0.25, 0.3) is 10.9 Å². The predicted molar refractivity (Wildman–Crippen MR) is 146 cm³/mol. The van der Waals surface area contributed by atoms with Crippen molar-refractivity contribution in [3.63, 3.8) is 0 Å². The van der Waals surface area contributed by atoms with Crippen LogP contribution in [0.5, 0.6) is 11.5 Å². The van der Waals surface area contributed by atoms with Crippen LogP contribution in [0.4, 0.5) is 41.2 Å². The number of nitrogens with two attached hydrogens (primary N) is 1. The van der Waals surface area contributed by atoms with Gasteiger partial charge in [0, 0.05) is 38.7 Å². The maximum absolute atomic E-state index is 15.6. The number of fused-ring (bicyclic) bond motifs is 1. The highest BCUT2D eigenvalue weighted by atomic mass is 19.4. The van der Waals surface area contributed by atoms with Crippen molar-refractivity contribution in [1.82, 2.24) is 9.88 Å². The molecule has 1 aromatic heterocycles. The summed E-state index contributed by atoms with van der Waals surface area (Å²) in [6, 6.07) is 4.05. The molecule has 1 fully saturated rings. The molecule has 2 amide bonds. The van der Waals surface area contributed by atoms with Crippen molar-refractivity contribution in [1.29, 1.82) is 0 Å². The van der Waals surface area contributed by atoms with Crippen molar-refractivity contribution in [2.75, 3.05) is 25.1 Å². The molecule has 1 aliphatic heterocycles. The number of aryl methyl sites for hydroxylation is 1. The van der Waals surface area contributed by atoms with Crippen molar-refractivity contribution in [2.24, 2.45) is 5.73 Å². The number of nitrogens with one attached hydrogen (secondary N) is 1. The zero-order chi connectivity index (χ0) is 33.3. The number of rotatable bonds is 8. The van der Waals surface area contributed by atoms with E-state index in [1.54, 1.807) is 0 Å². The predicted octanol–water partition coefficient (Wildman–Crippen LogP) is 4.91. The summed E-state index contributed by atoms with van der Waals surface area (Å²) in [6.07, 6.45) is -10.1. The van der Waals surface area contributed by atoms with Crippen molar-refractivity contribution in [3.8, 4) is 11.5 Å². The first-order valence-electron chi connectivity index (χ1n) is 13.3. The Morgan fingerprint density at radius 2 is 1.76 bits per heavy atom. The van der Waals surface area contributed by atoms with E-state index in [0.29, 0.717) is 16.3 Å². The topological polar surface area (TPSA) is 125 Å². The molecule has 2 aromatic carbocycles. The summed E-state index contributed by atoms with van der Waals surface area (Å²) < 4.78 is 109. The van der Waals surface area contributed by atoms with E-state index < -0.39 is 70.6 Å². The quantitative estimate of drug-likeness (QED) is 0.333. The maximum atomic E-state index is 15.6. The molecule has 0 radical (unpaired) electrons. The zero-order valence-electron chi connectivity index (χ0n) is 23.8. The number of amides is 2. The van der Waals surface area contributed by atoms with E-state index in [4.69, 9.17) is 15.2 Å². The Morgan fingerprint density at radius 3 is 2.31 bits per heavy atom. The maximum Gasteiger partial charge on any atom is 0.573 e. The van der Waals surface area contributed by atoms with Crippen LogP contribution >= 0.6 is 0 Å². The number of ether oxygens (including phenoxy) is 3. The zero-order valence-corrected chi connectivity index (χ0v) is 23.8. The number of pyridine rings is 1. The Balaban J connectivity index is 1.71. The molecule has 10 nitrogen and oxygen atoms in total. The molecule has 3 N–H and O–H groups in total. The van der Waals surface area contributed by atoms with Crippen molar-refractivity contribution >= 4 is 28.6 Å². The number of halogens is 7. The molecule has 0 spiro atoms. The summed E-state index contributed by atoms with van der Waals surface area (Å²) in [7, 11) is 1.09. The summed E-state index contributed by atoms with van der Waals surface area (Å²) in [5.41, 5.74) is 3.23. The minimum absolute atomic E-state index is 0.115. The number of primary amides is 1. The number of aromatic nitrogens is 1. The SMILES string of the molecule is COc1c(N2CCC(OC(N)=O)CC2)c(F)cc2c(=O)c(C(=O)NCc3ccc(OC(F)(F)F)cc3C)cn(CC(F)(F)F)c12. The first-order valence-corrected chi connectivity index (χ1v) is 13.3. The van der Waals surface area contributed by atoms with Crippen LogP contribution < -0.4 is 30.9 Å². The number of hydrogen-bond acceptors (Lipinski definition) is 7. The molecule has 0 saturated carbocycles. The molecule has 0 aliphatic carbocycles. The molecule has 17 heteroatoms. The minimum Gasteiger partial charge on any atom is -0.492 e. The Kier molecular flexibility index (Phi) is 9.39. The van der Waals surface area contributed by atoms with Gasteiger partial charge >= 0.3 is 18.6 Å². The standard InChI is InChI=1S/C28H27F7N4O6/c1-14-9-17(45-28(33,34)35)4-3-15(14)11-37-25(41)19-12-39(13-27(30,31)32)21-18(23(19)40)10-20(29)22(24(21)43-2)38-7-5-16(6-8-38)44-26(36)42/h3-4,9-10,12,16H,5-8,11,13H2,1-2H3,(H2,36,42)(H,37,41). The monoisotopic (exact) mass is 648 g/mol. The average molecular weight is 649 g/mol. The van der Waals surface area contributed by atoms with Crippen LogP contribution in [0.1, 0.15) is 34.3 Å². The second-order valence-electron chi connectivity index (χ2n) is 10.2. The van der Waals surface area contributed by atoms with E-state index in [2.05, 4.69) is 10.1 Å². The van der Waals surface area contributed by atoms with E-state index in [1.165, 1.54) is 17.9 Å². The summed E-state index contributed by atoms with van der Waals surface area (Å²) in [5.74, 6) is -2.98. The number of piperidine rings is 1. The Bertz CT molecular complexity index is 1660. The summed E-state index contributed by atoms with van der Waals surface area (Å²) in [5, 5.41) is 1.81.